The Labute approximate surface area is 194 Å². The Bertz CT molecular complexity index is 1120. The standard InChI is InChI=1S/C23H32N5O4P/c1-17(2)31-33(29,32-18(3)4)16-30-23(11-12-23)13-19-14-26-28-21(19)24-15-25-22(28)27(5)20-9-7-6-8-10-20/h6-10,14-15,17-18H,11-13,16H2,1-5H3. The van der Waals surface area contributed by atoms with Gasteiger partial charge >= 0.3 is 7.60 Å². The summed E-state index contributed by atoms with van der Waals surface area (Å²) in [5, 5.41) is 4.56. The summed E-state index contributed by atoms with van der Waals surface area (Å²) in [6, 6.07) is 9.98. The van der Waals surface area contributed by atoms with Gasteiger partial charge in [-0.2, -0.15) is 9.61 Å². The number of nitrogens with zero attached hydrogens (tertiary/aromatic N) is 5. The maximum absolute atomic E-state index is 13.2. The molecule has 33 heavy (non-hydrogen) atoms. The number of rotatable bonds is 11. The van der Waals surface area contributed by atoms with Gasteiger partial charge in [-0.25, -0.2) is 9.97 Å². The fourth-order valence-corrected chi connectivity index (χ4v) is 5.66. The van der Waals surface area contributed by atoms with Crippen LogP contribution in [0.4, 0.5) is 11.6 Å². The van der Waals surface area contributed by atoms with Crippen molar-refractivity contribution in [3.8, 4) is 0 Å². The first-order chi connectivity index (χ1) is 15.7. The number of hydrogen-bond donors (Lipinski definition) is 0. The number of ether oxygens (including phenoxy) is 1. The molecular weight excluding hydrogens is 441 g/mol. The molecule has 1 aliphatic rings. The van der Waals surface area contributed by atoms with Gasteiger partial charge in [-0.3, -0.25) is 4.57 Å². The highest BCUT2D eigenvalue weighted by Gasteiger charge is 2.47. The highest BCUT2D eigenvalue weighted by molar-refractivity contribution is 7.53. The molecule has 1 aliphatic carbocycles. The maximum atomic E-state index is 13.2. The Hall–Kier alpha value is -2.32. The van der Waals surface area contributed by atoms with Crippen LogP contribution in [0.3, 0.4) is 0 Å². The lowest BCUT2D eigenvalue weighted by molar-refractivity contribution is 0.0379. The molecule has 0 atom stereocenters. The van der Waals surface area contributed by atoms with Crippen molar-refractivity contribution in [2.24, 2.45) is 0 Å². The lowest BCUT2D eigenvalue weighted by atomic mass is 10.1. The lowest BCUT2D eigenvalue weighted by Crippen LogP contribution is -2.21. The molecule has 4 rings (SSSR count). The van der Waals surface area contributed by atoms with Crippen LogP contribution >= 0.6 is 7.60 Å². The smallest absolute Gasteiger partial charge is 0.356 e. The maximum Gasteiger partial charge on any atom is 0.356 e. The molecule has 178 valence electrons. The van der Waals surface area contributed by atoms with Crippen LogP contribution in [-0.2, 0) is 24.8 Å². The Balaban J connectivity index is 1.52. The molecule has 0 bridgehead atoms. The molecule has 10 heteroatoms. The van der Waals surface area contributed by atoms with E-state index < -0.39 is 13.2 Å². The molecule has 0 amide bonds. The van der Waals surface area contributed by atoms with Crippen LogP contribution in [0.5, 0.6) is 0 Å². The zero-order chi connectivity index (χ0) is 23.6. The molecule has 2 aromatic heterocycles. The number of aromatic nitrogens is 4. The Morgan fingerprint density at radius 2 is 1.76 bits per heavy atom. The summed E-state index contributed by atoms with van der Waals surface area (Å²) in [5.74, 6) is 0.670. The number of fused-ring (bicyclic) bond motifs is 1. The summed E-state index contributed by atoms with van der Waals surface area (Å²) in [5.41, 5.74) is 2.29. The molecule has 2 heterocycles. The van der Waals surface area contributed by atoms with Crippen LogP contribution in [0.15, 0.2) is 42.9 Å². The number of anilines is 2. The molecule has 3 aromatic rings. The van der Waals surface area contributed by atoms with Crippen molar-refractivity contribution in [3.63, 3.8) is 0 Å². The van der Waals surface area contributed by atoms with Crippen molar-refractivity contribution in [2.45, 2.75) is 64.8 Å². The molecule has 1 aromatic carbocycles. The van der Waals surface area contributed by atoms with E-state index in [1.54, 1.807) is 10.8 Å². The summed E-state index contributed by atoms with van der Waals surface area (Å²) >= 11 is 0. The SMILES string of the molecule is CC(C)OP(=O)(COC1(Cc2cnn3c(N(C)c4ccccc4)ncnc23)CC1)OC(C)C. The minimum Gasteiger partial charge on any atom is -0.362 e. The average molecular weight is 474 g/mol. The predicted octanol–water partition coefficient (Wildman–Crippen LogP) is 4.98. The fourth-order valence-electron chi connectivity index (χ4n) is 3.77. The Morgan fingerprint density at radius 3 is 2.36 bits per heavy atom. The van der Waals surface area contributed by atoms with Gasteiger partial charge < -0.3 is 18.7 Å². The van der Waals surface area contributed by atoms with E-state index in [0.717, 1.165) is 29.7 Å². The topological polar surface area (TPSA) is 91.1 Å². The van der Waals surface area contributed by atoms with Crippen LogP contribution in [0.1, 0.15) is 46.1 Å². The molecule has 0 unspecified atom stereocenters. The quantitative estimate of drug-likeness (QED) is 0.360. The largest absolute Gasteiger partial charge is 0.362 e. The van der Waals surface area contributed by atoms with Crippen LogP contribution in [0.25, 0.3) is 5.65 Å². The molecule has 0 radical (unpaired) electrons. The van der Waals surface area contributed by atoms with Gasteiger partial charge in [-0.05, 0) is 52.7 Å². The number of benzene rings is 1. The van der Waals surface area contributed by atoms with Crippen LogP contribution < -0.4 is 4.90 Å². The molecular formula is C23H32N5O4P. The van der Waals surface area contributed by atoms with Gasteiger partial charge in [-0.15, -0.1) is 0 Å². The summed E-state index contributed by atoms with van der Waals surface area (Å²) in [4.78, 5) is 10.9. The Morgan fingerprint density at radius 1 is 1.09 bits per heavy atom. The highest BCUT2D eigenvalue weighted by Crippen LogP contribution is 2.54. The van der Waals surface area contributed by atoms with Gasteiger partial charge in [0, 0.05) is 24.7 Å². The average Bonchev–Trinajstić information content (AvgIpc) is 3.42. The normalized spacial score (nSPS) is 15.5. The Kier molecular flexibility index (Phi) is 6.86. The molecule has 9 nitrogen and oxygen atoms in total. The van der Waals surface area contributed by atoms with Crippen molar-refractivity contribution in [1.82, 2.24) is 19.6 Å². The van der Waals surface area contributed by atoms with Crippen molar-refractivity contribution in [1.29, 1.82) is 0 Å². The second-order valence-corrected chi connectivity index (χ2v) is 10.9. The van der Waals surface area contributed by atoms with E-state index in [1.165, 1.54) is 0 Å². The van der Waals surface area contributed by atoms with E-state index in [4.69, 9.17) is 13.8 Å². The van der Waals surface area contributed by atoms with Gasteiger partial charge in [0.25, 0.3) is 0 Å². The van der Waals surface area contributed by atoms with E-state index >= 15 is 0 Å². The monoisotopic (exact) mass is 473 g/mol. The minimum atomic E-state index is -3.36. The van der Waals surface area contributed by atoms with E-state index in [2.05, 4.69) is 15.1 Å². The summed E-state index contributed by atoms with van der Waals surface area (Å²) in [6.45, 7) is 7.36. The van der Waals surface area contributed by atoms with Crippen molar-refractivity contribution < 1.29 is 18.3 Å². The van der Waals surface area contributed by atoms with E-state index in [0.29, 0.717) is 12.4 Å². The predicted molar refractivity (Wildman–Crippen MR) is 127 cm³/mol. The molecule has 1 saturated carbocycles. The number of para-hydroxylation sites is 1. The summed E-state index contributed by atoms with van der Waals surface area (Å²) in [6.07, 6.45) is 5.21. The van der Waals surface area contributed by atoms with Gasteiger partial charge in [-0.1, -0.05) is 18.2 Å². The first-order valence-corrected chi connectivity index (χ1v) is 13.0. The van der Waals surface area contributed by atoms with E-state index in [-0.39, 0.29) is 18.6 Å². The van der Waals surface area contributed by atoms with Gasteiger partial charge in [0.2, 0.25) is 5.95 Å². The van der Waals surface area contributed by atoms with Crippen molar-refractivity contribution in [2.75, 3.05) is 18.3 Å². The first-order valence-electron chi connectivity index (χ1n) is 11.3. The molecule has 0 saturated heterocycles. The molecule has 0 N–H and O–H groups in total. The van der Waals surface area contributed by atoms with Gasteiger partial charge in [0.05, 0.1) is 24.0 Å². The summed E-state index contributed by atoms with van der Waals surface area (Å²) < 4.78 is 32.3. The minimum absolute atomic E-state index is 0.0699. The second kappa shape index (κ2) is 9.50. The van der Waals surface area contributed by atoms with E-state index in [1.807, 2.05) is 76.2 Å². The summed E-state index contributed by atoms with van der Waals surface area (Å²) in [7, 11) is -1.41. The molecule has 1 fully saturated rings. The van der Waals surface area contributed by atoms with Crippen molar-refractivity contribution >= 4 is 24.9 Å². The zero-order valence-electron chi connectivity index (χ0n) is 19.8. The highest BCUT2D eigenvalue weighted by atomic mass is 31.2. The lowest BCUT2D eigenvalue weighted by Gasteiger charge is -2.25. The first kappa shape index (κ1) is 23.8. The molecule has 0 spiro atoms. The third-order valence-corrected chi connectivity index (χ3v) is 7.33. The zero-order valence-corrected chi connectivity index (χ0v) is 20.7. The third-order valence-electron chi connectivity index (χ3n) is 5.40. The molecule has 0 aliphatic heterocycles. The van der Waals surface area contributed by atoms with Crippen LogP contribution in [0, 0.1) is 0 Å². The van der Waals surface area contributed by atoms with Crippen molar-refractivity contribution in [3.05, 3.63) is 48.4 Å². The van der Waals surface area contributed by atoms with Gasteiger partial charge in [0.15, 0.2) is 5.65 Å². The third kappa shape index (κ3) is 5.61. The fraction of sp³-hybridized carbons (Fsp3) is 0.522. The van der Waals surface area contributed by atoms with Crippen LogP contribution in [0.2, 0.25) is 0 Å². The second-order valence-electron chi connectivity index (χ2n) is 9.03. The van der Waals surface area contributed by atoms with E-state index in [9.17, 15) is 4.57 Å². The van der Waals surface area contributed by atoms with Gasteiger partial charge in [0.1, 0.15) is 12.7 Å². The van der Waals surface area contributed by atoms with Crippen LogP contribution in [-0.4, -0.2) is 50.8 Å². The number of hydrogen-bond acceptors (Lipinski definition) is 8.